The molecule has 2 aliphatic heterocycles. The van der Waals surface area contributed by atoms with Crippen LogP contribution in [0.3, 0.4) is 0 Å². The Morgan fingerprint density at radius 2 is 1.48 bits per heavy atom. The van der Waals surface area contributed by atoms with E-state index in [0.29, 0.717) is 26.2 Å². The average molecular weight is 394 g/mol. The minimum absolute atomic E-state index is 0.165. The molecule has 0 bridgehead atoms. The van der Waals surface area contributed by atoms with Crippen LogP contribution < -0.4 is 0 Å². The second-order valence-electron chi connectivity index (χ2n) is 7.07. The zero-order chi connectivity index (χ0) is 19.4. The van der Waals surface area contributed by atoms with E-state index < -0.39 is 22.1 Å². The van der Waals surface area contributed by atoms with Crippen molar-refractivity contribution in [2.75, 3.05) is 26.2 Å². The summed E-state index contributed by atoms with van der Waals surface area (Å²) >= 11 is 0. The lowest BCUT2D eigenvalue weighted by Crippen LogP contribution is -2.42. The van der Waals surface area contributed by atoms with Gasteiger partial charge in [-0.3, -0.25) is 4.79 Å². The normalized spacial score (nSPS) is 19.7. The monoisotopic (exact) mass is 394 g/mol. The van der Waals surface area contributed by atoms with Crippen LogP contribution in [0.15, 0.2) is 29.2 Å². The van der Waals surface area contributed by atoms with Gasteiger partial charge in [-0.05, 0) is 63.3 Å². The summed E-state index contributed by atoms with van der Waals surface area (Å²) in [5.41, 5.74) is 0.230. The van der Waals surface area contributed by atoms with Gasteiger partial charge in [0.15, 0.2) is 6.10 Å². The Hall–Kier alpha value is -1.93. The molecule has 0 saturated carbocycles. The number of nitrogens with zero attached hydrogens (tertiary/aromatic N) is 2. The molecule has 1 aromatic carbocycles. The first-order valence-corrected chi connectivity index (χ1v) is 10.9. The van der Waals surface area contributed by atoms with Crippen molar-refractivity contribution in [3.63, 3.8) is 0 Å². The standard InChI is InChI=1S/C19H26N2O5S/c1-15(18(22)20-11-3-2-4-12-20)26-19(23)16-7-9-17(10-8-16)27(24,25)21-13-5-6-14-21/h7-10,15H,2-6,11-14H2,1H3/t15-/m0/s1. The van der Waals surface area contributed by atoms with Crippen molar-refractivity contribution in [1.29, 1.82) is 0 Å². The number of esters is 1. The Bertz CT molecular complexity index is 779. The summed E-state index contributed by atoms with van der Waals surface area (Å²) in [5.74, 6) is -0.811. The Labute approximate surface area is 160 Å². The first-order valence-electron chi connectivity index (χ1n) is 9.49. The summed E-state index contributed by atoms with van der Waals surface area (Å²) < 4.78 is 31.8. The fraction of sp³-hybridized carbons (Fsp3) is 0.579. The summed E-state index contributed by atoms with van der Waals surface area (Å²) in [7, 11) is -3.51. The maximum Gasteiger partial charge on any atom is 0.338 e. The lowest BCUT2D eigenvalue weighted by atomic mass is 10.1. The number of amides is 1. The van der Waals surface area contributed by atoms with Gasteiger partial charge in [0.2, 0.25) is 10.0 Å². The molecule has 0 N–H and O–H groups in total. The van der Waals surface area contributed by atoms with Crippen LogP contribution in [0.25, 0.3) is 0 Å². The highest BCUT2D eigenvalue weighted by molar-refractivity contribution is 7.89. The van der Waals surface area contributed by atoms with Crippen molar-refractivity contribution in [3.05, 3.63) is 29.8 Å². The van der Waals surface area contributed by atoms with Crippen LogP contribution >= 0.6 is 0 Å². The number of sulfonamides is 1. The third-order valence-electron chi connectivity index (χ3n) is 5.09. The second-order valence-corrected chi connectivity index (χ2v) is 9.01. The molecule has 0 spiro atoms. The van der Waals surface area contributed by atoms with Crippen LogP contribution in [0.1, 0.15) is 49.4 Å². The summed E-state index contributed by atoms with van der Waals surface area (Å²) in [6.45, 7) is 4.03. The third kappa shape index (κ3) is 4.50. The highest BCUT2D eigenvalue weighted by atomic mass is 32.2. The number of ether oxygens (including phenoxy) is 1. The number of likely N-dealkylation sites (tertiary alicyclic amines) is 1. The molecule has 2 heterocycles. The molecule has 3 rings (SSSR count). The molecule has 148 valence electrons. The topological polar surface area (TPSA) is 84.0 Å². The van der Waals surface area contributed by atoms with E-state index in [4.69, 9.17) is 4.74 Å². The van der Waals surface area contributed by atoms with E-state index in [0.717, 1.165) is 32.1 Å². The molecule has 8 heteroatoms. The summed E-state index contributed by atoms with van der Waals surface area (Å²) in [5, 5.41) is 0. The molecule has 0 aromatic heterocycles. The SMILES string of the molecule is C[C@H](OC(=O)c1ccc(S(=O)(=O)N2CCCC2)cc1)C(=O)N1CCCCC1. The van der Waals surface area contributed by atoms with E-state index in [-0.39, 0.29) is 16.4 Å². The van der Waals surface area contributed by atoms with E-state index in [1.165, 1.54) is 28.6 Å². The summed E-state index contributed by atoms with van der Waals surface area (Å²) in [6.07, 6.45) is 3.94. The van der Waals surface area contributed by atoms with E-state index >= 15 is 0 Å². The quantitative estimate of drug-likeness (QED) is 0.714. The zero-order valence-electron chi connectivity index (χ0n) is 15.6. The molecule has 1 amide bonds. The highest BCUT2D eigenvalue weighted by Crippen LogP contribution is 2.21. The van der Waals surface area contributed by atoms with Crippen LogP contribution in [0.2, 0.25) is 0 Å². The van der Waals surface area contributed by atoms with Gasteiger partial charge >= 0.3 is 5.97 Å². The first kappa shape index (κ1) is 19.8. The van der Waals surface area contributed by atoms with Crippen LogP contribution in [-0.4, -0.2) is 61.8 Å². The van der Waals surface area contributed by atoms with Crippen molar-refractivity contribution < 1.29 is 22.7 Å². The molecule has 0 aliphatic carbocycles. The maximum atomic E-state index is 12.5. The Morgan fingerprint density at radius 3 is 2.07 bits per heavy atom. The van der Waals surface area contributed by atoms with E-state index in [1.54, 1.807) is 11.8 Å². The number of hydrogen-bond acceptors (Lipinski definition) is 5. The van der Waals surface area contributed by atoms with E-state index in [9.17, 15) is 18.0 Å². The van der Waals surface area contributed by atoms with Gasteiger partial charge in [0, 0.05) is 26.2 Å². The Morgan fingerprint density at radius 1 is 0.926 bits per heavy atom. The van der Waals surface area contributed by atoms with Crippen molar-refractivity contribution in [1.82, 2.24) is 9.21 Å². The van der Waals surface area contributed by atoms with Crippen LogP contribution in [-0.2, 0) is 19.6 Å². The summed E-state index contributed by atoms with van der Waals surface area (Å²) in [6, 6.07) is 5.70. The van der Waals surface area contributed by atoms with Crippen LogP contribution in [0.4, 0.5) is 0 Å². The Kier molecular flexibility index (Phi) is 6.16. The van der Waals surface area contributed by atoms with Crippen molar-refractivity contribution >= 4 is 21.9 Å². The fourth-order valence-electron chi connectivity index (χ4n) is 3.49. The van der Waals surface area contributed by atoms with Gasteiger partial charge in [-0.15, -0.1) is 0 Å². The number of carbonyl (C=O) groups is 2. The molecule has 0 radical (unpaired) electrons. The maximum absolute atomic E-state index is 12.5. The minimum atomic E-state index is -3.51. The summed E-state index contributed by atoms with van der Waals surface area (Å²) in [4.78, 5) is 26.6. The number of piperidine rings is 1. The molecule has 27 heavy (non-hydrogen) atoms. The van der Waals surface area contributed by atoms with Crippen molar-refractivity contribution in [3.8, 4) is 0 Å². The molecule has 1 atom stereocenters. The fourth-order valence-corrected chi connectivity index (χ4v) is 5.01. The largest absolute Gasteiger partial charge is 0.449 e. The number of rotatable bonds is 5. The molecule has 2 saturated heterocycles. The molecule has 0 unspecified atom stereocenters. The van der Waals surface area contributed by atoms with Crippen LogP contribution in [0.5, 0.6) is 0 Å². The van der Waals surface area contributed by atoms with Crippen molar-refractivity contribution in [2.24, 2.45) is 0 Å². The molecule has 2 fully saturated rings. The number of hydrogen-bond donors (Lipinski definition) is 0. The number of benzene rings is 1. The Balaban J connectivity index is 1.62. The lowest BCUT2D eigenvalue weighted by molar-refractivity contribution is -0.140. The van der Waals surface area contributed by atoms with Gasteiger partial charge in [0.1, 0.15) is 0 Å². The third-order valence-corrected chi connectivity index (χ3v) is 7.01. The smallest absolute Gasteiger partial charge is 0.338 e. The predicted molar refractivity (Wildman–Crippen MR) is 99.7 cm³/mol. The zero-order valence-corrected chi connectivity index (χ0v) is 16.4. The minimum Gasteiger partial charge on any atom is -0.449 e. The highest BCUT2D eigenvalue weighted by Gasteiger charge is 2.28. The van der Waals surface area contributed by atoms with Crippen molar-refractivity contribution in [2.45, 2.75) is 50.0 Å². The van der Waals surface area contributed by atoms with Crippen LogP contribution in [0, 0.1) is 0 Å². The van der Waals surface area contributed by atoms with Gasteiger partial charge in [0.25, 0.3) is 5.91 Å². The average Bonchev–Trinajstić information content (AvgIpc) is 3.24. The van der Waals surface area contributed by atoms with Gasteiger partial charge in [-0.1, -0.05) is 0 Å². The van der Waals surface area contributed by atoms with Gasteiger partial charge in [-0.2, -0.15) is 4.31 Å². The molecule has 7 nitrogen and oxygen atoms in total. The molecule has 2 aliphatic rings. The lowest BCUT2D eigenvalue weighted by Gasteiger charge is -2.28. The van der Waals surface area contributed by atoms with Gasteiger partial charge in [0.05, 0.1) is 10.5 Å². The van der Waals surface area contributed by atoms with Gasteiger partial charge < -0.3 is 9.64 Å². The molecule has 1 aromatic rings. The predicted octanol–water partition coefficient (Wildman–Crippen LogP) is 2.03. The number of carbonyl (C=O) groups excluding carboxylic acids is 2. The van der Waals surface area contributed by atoms with E-state index in [2.05, 4.69) is 0 Å². The molecular formula is C19H26N2O5S. The molecular weight excluding hydrogens is 368 g/mol. The first-order chi connectivity index (χ1) is 12.9. The second kappa shape index (κ2) is 8.39. The van der Waals surface area contributed by atoms with E-state index in [1.807, 2.05) is 0 Å². The van der Waals surface area contributed by atoms with Gasteiger partial charge in [-0.25, -0.2) is 13.2 Å².